The Morgan fingerprint density at radius 1 is 1.11 bits per heavy atom. The molecule has 1 aliphatic rings. The zero-order valence-corrected chi connectivity index (χ0v) is 15.8. The summed E-state index contributed by atoms with van der Waals surface area (Å²) in [6, 6.07) is 16.5. The molecule has 0 unspecified atom stereocenters. The molecule has 140 valence electrons. The molecule has 0 atom stereocenters. The van der Waals surface area contributed by atoms with Crippen molar-refractivity contribution in [3.63, 3.8) is 0 Å². The van der Waals surface area contributed by atoms with Crippen molar-refractivity contribution in [1.82, 2.24) is 24.8 Å². The maximum absolute atomic E-state index is 4.93. The summed E-state index contributed by atoms with van der Waals surface area (Å²) >= 11 is 0. The van der Waals surface area contributed by atoms with Gasteiger partial charge in [0.1, 0.15) is 5.82 Å². The molecule has 28 heavy (non-hydrogen) atoms. The van der Waals surface area contributed by atoms with Crippen LogP contribution in [0.3, 0.4) is 0 Å². The fourth-order valence-electron chi connectivity index (χ4n) is 3.79. The highest BCUT2D eigenvalue weighted by Crippen LogP contribution is 2.26. The van der Waals surface area contributed by atoms with E-state index in [0.717, 1.165) is 59.9 Å². The summed E-state index contributed by atoms with van der Waals surface area (Å²) in [5, 5.41) is 6.98. The van der Waals surface area contributed by atoms with Crippen molar-refractivity contribution in [2.24, 2.45) is 0 Å². The van der Waals surface area contributed by atoms with E-state index in [2.05, 4.69) is 63.5 Å². The molecule has 5 rings (SSSR count). The normalized spacial score (nSPS) is 13.5. The minimum Gasteiger partial charge on any atom is -0.366 e. The van der Waals surface area contributed by atoms with Crippen LogP contribution in [0.5, 0.6) is 0 Å². The SMILES string of the molecule is Cc1cc2ncccc2n1-c1nc2c(c(NCc3ccccc3)n1)CNCC2. The third-order valence-corrected chi connectivity index (χ3v) is 5.18. The van der Waals surface area contributed by atoms with Gasteiger partial charge in [-0.1, -0.05) is 30.3 Å². The lowest BCUT2D eigenvalue weighted by atomic mass is 10.1. The summed E-state index contributed by atoms with van der Waals surface area (Å²) in [6.45, 7) is 4.54. The van der Waals surface area contributed by atoms with Crippen LogP contribution in [-0.2, 0) is 19.5 Å². The van der Waals surface area contributed by atoms with Gasteiger partial charge in [-0.15, -0.1) is 0 Å². The molecule has 1 aromatic carbocycles. The number of rotatable bonds is 4. The second kappa shape index (κ2) is 7.05. The van der Waals surface area contributed by atoms with Gasteiger partial charge in [0.05, 0.1) is 16.7 Å². The van der Waals surface area contributed by atoms with Gasteiger partial charge in [0.25, 0.3) is 0 Å². The Balaban J connectivity index is 1.60. The minimum atomic E-state index is 0.705. The van der Waals surface area contributed by atoms with E-state index in [4.69, 9.17) is 9.97 Å². The average Bonchev–Trinajstić information content (AvgIpc) is 3.08. The van der Waals surface area contributed by atoms with Gasteiger partial charge in [-0.2, -0.15) is 4.98 Å². The Kier molecular flexibility index (Phi) is 4.25. The first-order valence-electron chi connectivity index (χ1n) is 9.61. The second-order valence-corrected chi connectivity index (χ2v) is 7.09. The highest BCUT2D eigenvalue weighted by atomic mass is 15.2. The summed E-state index contributed by atoms with van der Waals surface area (Å²) in [5.74, 6) is 1.61. The molecule has 2 N–H and O–H groups in total. The fourth-order valence-corrected chi connectivity index (χ4v) is 3.79. The van der Waals surface area contributed by atoms with Crippen LogP contribution >= 0.6 is 0 Å². The minimum absolute atomic E-state index is 0.705. The first-order chi connectivity index (χ1) is 13.8. The topological polar surface area (TPSA) is 67.7 Å². The zero-order valence-electron chi connectivity index (χ0n) is 15.8. The number of hydrogen-bond donors (Lipinski definition) is 2. The number of hydrogen-bond acceptors (Lipinski definition) is 5. The van der Waals surface area contributed by atoms with Gasteiger partial charge in [-0.05, 0) is 30.7 Å². The summed E-state index contributed by atoms with van der Waals surface area (Å²) in [4.78, 5) is 14.3. The Morgan fingerprint density at radius 2 is 2.00 bits per heavy atom. The van der Waals surface area contributed by atoms with Gasteiger partial charge in [0.15, 0.2) is 0 Å². The smallest absolute Gasteiger partial charge is 0.236 e. The number of anilines is 1. The molecule has 4 aromatic rings. The summed E-state index contributed by atoms with van der Waals surface area (Å²) in [5.41, 5.74) is 6.58. The molecule has 0 saturated heterocycles. The first-order valence-corrected chi connectivity index (χ1v) is 9.61. The molecule has 0 bridgehead atoms. The van der Waals surface area contributed by atoms with E-state index in [1.807, 2.05) is 18.3 Å². The molecule has 3 aromatic heterocycles. The van der Waals surface area contributed by atoms with Crippen molar-refractivity contribution in [3.05, 3.63) is 77.2 Å². The summed E-state index contributed by atoms with van der Waals surface area (Å²) in [6.07, 6.45) is 2.72. The van der Waals surface area contributed by atoms with E-state index in [1.54, 1.807) is 0 Å². The lowest BCUT2D eigenvalue weighted by Gasteiger charge is -2.21. The van der Waals surface area contributed by atoms with Gasteiger partial charge in [-0.25, -0.2) is 4.98 Å². The van der Waals surface area contributed by atoms with Crippen LogP contribution < -0.4 is 10.6 Å². The molecule has 0 radical (unpaired) electrons. The highest BCUT2D eigenvalue weighted by Gasteiger charge is 2.20. The highest BCUT2D eigenvalue weighted by molar-refractivity contribution is 5.78. The average molecular weight is 370 g/mol. The van der Waals surface area contributed by atoms with Gasteiger partial charge >= 0.3 is 0 Å². The summed E-state index contributed by atoms with van der Waals surface area (Å²) < 4.78 is 2.10. The van der Waals surface area contributed by atoms with Gasteiger partial charge < -0.3 is 10.6 Å². The quantitative estimate of drug-likeness (QED) is 0.576. The first kappa shape index (κ1) is 16.9. The van der Waals surface area contributed by atoms with Crippen molar-refractivity contribution in [1.29, 1.82) is 0 Å². The van der Waals surface area contributed by atoms with Gasteiger partial charge in [0.2, 0.25) is 5.95 Å². The Bertz CT molecular complexity index is 1130. The third-order valence-electron chi connectivity index (χ3n) is 5.18. The van der Waals surface area contributed by atoms with Gasteiger partial charge in [0, 0.05) is 43.5 Å². The van der Waals surface area contributed by atoms with Crippen LogP contribution in [0.1, 0.15) is 22.5 Å². The molecule has 6 nitrogen and oxygen atoms in total. The molecule has 4 heterocycles. The van der Waals surface area contributed by atoms with Gasteiger partial charge in [-0.3, -0.25) is 9.55 Å². The molecule has 0 spiro atoms. The lowest BCUT2D eigenvalue weighted by molar-refractivity contribution is 0.624. The van der Waals surface area contributed by atoms with Crippen molar-refractivity contribution in [3.8, 4) is 5.95 Å². The van der Waals surface area contributed by atoms with Crippen molar-refractivity contribution < 1.29 is 0 Å². The molecular weight excluding hydrogens is 348 g/mol. The number of nitrogens with one attached hydrogen (secondary N) is 2. The zero-order chi connectivity index (χ0) is 18.9. The standard InChI is InChI=1S/C22H22N6/c1-15-12-19-20(8-5-10-24-19)28(15)22-26-18-9-11-23-14-17(18)21(27-22)25-13-16-6-3-2-4-7-16/h2-8,10,12,23H,9,11,13-14H2,1H3,(H,25,26,27). The Morgan fingerprint density at radius 3 is 2.89 bits per heavy atom. The largest absolute Gasteiger partial charge is 0.366 e. The maximum Gasteiger partial charge on any atom is 0.236 e. The maximum atomic E-state index is 4.93. The lowest BCUT2D eigenvalue weighted by Crippen LogP contribution is -2.27. The molecule has 1 aliphatic heterocycles. The van der Waals surface area contributed by atoms with Crippen LogP contribution in [0.25, 0.3) is 17.0 Å². The second-order valence-electron chi connectivity index (χ2n) is 7.09. The summed E-state index contributed by atoms with van der Waals surface area (Å²) in [7, 11) is 0. The van der Waals surface area contributed by atoms with E-state index in [9.17, 15) is 0 Å². The number of fused-ring (bicyclic) bond motifs is 2. The molecular formula is C22H22N6. The van der Waals surface area contributed by atoms with Crippen LogP contribution in [-0.4, -0.2) is 26.1 Å². The number of benzene rings is 1. The van der Waals surface area contributed by atoms with Crippen LogP contribution in [0, 0.1) is 6.92 Å². The molecule has 6 heteroatoms. The predicted octanol–water partition coefficient (Wildman–Crippen LogP) is 3.38. The van der Waals surface area contributed by atoms with E-state index < -0.39 is 0 Å². The fraction of sp³-hybridized carbons (Fsp3) is 0.227. The molecule has 0 saturated carbocycles. The van der Waals surface area contributed by atoms with Crippen molar-refractivity contribution >= 4 is 16.9 Å². The predicted molar refractivity (Wildman–Crippen MR) is 111 cm³/mol. The van der Waals surface area contributed by atoms with Crippen molar-refractivity contribution in [2.45, 2.75) is 26.4 Å². The monoisotopic (exact) mass is 370 g/mol. The number of pyridine rings is 1. The number of aromatic nitrogens is 4. The molecule has 0 amide bonds. The van der Waals surface area contributed by atoms with Crippen LogP contribution in [0.4, 0.5) is 5.82 Å². The number of nitrogens with zero attached hydrogens (tertiary/aromatic N) is 4. The van der Waals surface area contributed by atoms with E-state index >= 15 is 0 Å². The van der Waals surface area contributed by atoms with Crippen LogP contribution in [0.2, 0.25) is 0 Å². The van der Waals surface area contributed by atoms with Crippen molar-refractivity contribution in [2.75, 3.05) is 11.9 Å². The van der Waals surface area contributed by atoms with E-state index in [-0.39, 0.29) is 0 Å². The molecule has 0 fully saturated rings. The Hall–Kier alpha value is -3.25. The Labute approximate surface area is 163 Å². The molecule has 0 aliphatic carbocycles. The number of aryl methyl sites for hydroxylation is 1. The van der Waals surface area contributed by atoms with E-state index in [0.29, 0.717) is 5.95 Å². The van der Waals surface area contributed by atoms with Crippen LogP contribution in [0.15, 0.2) is 54.7 Å². The van der Waals surface area contributed by atoms with E-state index in [1.165, 1.54) is 5.56 Å². The third kappa shape index (κ3) is 3.01.